The maximum absolute atomic E-state index is 5.62. The highest BCUT2D eigenvalue weighted by Crippen LogP contribution is 2.14. The Morgan fingerprint density at radius 2 is 2.06 bits per heavy atom. The first-order chi connectivity index (χ1) is 8.30. The van der Waals surface area contributed by atoms with Gasteiger partial charge >= 0.3 is 6.01 Å². The van der Waals surface area contributed by atoms with Gasteiger partial charge in [-0.05, 0) is 12.8 Å². The van der Waals surface area contributed by atoms with Crippen molar-refractivity contribution in [3.63, 3.8) is 0 Å². The van der Waals surface area contributed by atoms with Crippen LogP contribution < -0.4 is 5.32 Å². The number of halogens is 1. The predicted octanol–water partition coefficient (Wildman–Crippen LogP) is 3.62. The normalized spacial score (nSPS) is 12.6. The van der Waals surface area contributed by atoms with Crippen LogP contribution in [0.5, 0.6) is 0 Å². The molecule has 0 aliphatic heterocycles. The molecular formula is C12H22ClN3O. The molecule has 0 aliphatic carbocycles. The minimum Gasteiger partial charge on any atom is -0.408 e. The van der Waals surface area contributed by atoms with Crippen molar-refractivity contribution in [2.45, 2.75) is 58.4 Å². The van der Waals surface area contributed by atoms with Gasteiger partial charge in [-0.1, -0.05) is 38.2 Å². The maximum atomic E-state index is 5.62. The molecule has 4 nitrogen and oxygen atoms in total. The van der Waals surface area contributed by atoms with Crippen LogP contribution in [-0.4, -0.2) is 22.1 Å². The molecule has 1 atom stereocenters. The van der Waals surface area contributed by atoms with Crippen molar-refractivity contribution in [1.29, 1.82) is 0 Å². The highest BCUT2D eigenvalue weighted by molar-refractivity contribution is 6.17. The number of unbranched alkanes of at least 4 members (excludes halogenated alkanes) is 1. The fraction of sp³-hybridized carbons (Fsp3) is 0.833. The maximum Gasteiger partial charge on any atom is 0.315 e. The Morgan fingerprint density at radius 1 is 1.24 bits per heavy atom. The van der Waals surface area contributed by atoms with Crippen LogP contribution >= 0.6 is 11.6 Å². The third-order valence-corrected chi connectivity index (χ3v) is 2.84. The lowest BCUT2D eigenvalue weighted by molar-refractivity contribution is 0.489. The summed E-state index contributed by atoms with van der Waals surface area (Å²) >= 11 is 5.62. The molecule has 0 fully saturated rings. The Hall–Kier alpha value is -0.770. The third-order valence-electron chi connectivity index (χ3n) is 2.65. The minimum atomic E-state index is 0.434. The van der Waals surface area contributed by atoms with E-state index < -0.39 is 0 Å². The van der Waals surface area contributed by atoms with E-state index in [1.165, 1.54) is 12.8 Å². The van der Waals surface area contributed by atoms with Crippen LogP contribution in [0.3, 0.4) is 0 Å². The standard InChI is InChI=1S/C12H22ClN3O/c1-3-5-7-10(6-4-2)14-12-16-15-11(17-12)8-9-13/h10H,3-9H2,1-2H3,(H,14,16). The van der Waals surface area contributed by atoms with Crippen molar-refractivity contribution in [3.8, 4) is 0 Å². The van der Waals surface area contributed by atoms with Gasteiger partial charge in [0.05, 0.1) is 0 Å². The van der Waals surface area contributed by atoms with Crippen LogP contribution in [0, 0.1) is 0 Å². The van der Waals surface area contributed by atoms with E-state index in [1.54, 1.807) is 0 Å². The largest absolute Gasteiger partial charge is 0.408 e. The molecule has 0 amide bonds. The molecular weight excluding hydrogens is 238 g/mol. The molecule has 0 aromatic carbocycles. The first-order valence-corrected chi connectivity index (χ1v) is 6.98. The van der Waals surface area contributed by atoms with Crippen molar-refractivity contribution in [1.82, 2.24) is 10.2 Å². The monoisotopic (exact) mass is 259 g/mol. The Labute approximate surface area is 108 Å². The molecule has 0 saturated carbocycles. The SMILES string of the molecule is CCCCC(CCC)Nc1nnc(CCCl)o1. The van der Waals surface area contributed by atoms with Crippen LogP contribution in [0.15, 0.2) is 4.42 Å². The van der Waals surface area contributed by atoms with Gasteiger partial charge in [-0.15, -0.1) is 16.7 Å². The molecule has 0 bridgehead atoms. The van der Waals surface area contributed by atoms with Gasteiger partial charge in [0.25, 0.3) is 0 Å². The van der Waals surface area contributed by atoms with Crippen molar-refractivity contribution in [3.05, 3.63) is 5.89 Å². The number of nitrogens with one attached hydrogen (secondary N) is 1. The zero-order chi connectivity index (χ0) is 12.5. The minimum absolute atomic E-state index is 0.434. The smallest absolute Gasteiger partial charge is 0.315 e. The van der Waals surface area contributed by atoms with Gasteiger partial charge in [0.1, 0.15) is 0 Å². The van der Waals surface area contributed by atoms with Gasteiger partial charge in [-0.25, -0.2) is 0 Å². The van der Waals surface area contributed by atoms with Gasteiger partial charge in [0, 0.05) is 18.3 Å². The summed E-state index contributed by atoms with van der Waals surface area (Å²) in [5, 5.41) is 11.2. The van der Waals surface area contributed by atoms with E-state index in [0.717, 1.165) is 19.3 Å². The highest BCUT2D eigenvalue weighted by Gasteiger charge is 2.11. The average molecular weight is 260 g/mol. The molecule has 1 heterocycles. The van der Waals surface area contributed by atoms with Crippen LogP contribution in [0.25, 0.3) is 0 Å². The predicted molar refractivity (Wildman–Crippen MR) is 70.6 cm³/mol. The summed E-state index contributed by atoms with van der Waals surface area (Å²) in [7, 11) is 0. The molecule has 1 aromatic heterocycles. The number of aryl methyl sites for hydroxylation is 1. The molecule has 1 unspecified atom stereocenters. The van der Waals surface area contributed by atoms with E-state index >= 15 is 0 Å². The molecule has 0 spiro atoms. The fourth-order valence-electron chi connectivity index (χ4n) is 1.76. The lowest BCUT2D eigenvalue weighted by atomic mass is 10.1. The van der Waals surface area contributed by atoms with Gasteiger partial charge in [0.2, 0.25) is 5.89 Å². The summed E-state index contributed by atoms with van der Waals surface area (Å²) in [6.07, 6.45) is 6.50. The summed E-state index contributed by atoms with van der Waals surface area (Å²) in [5.41, 5.74) is 0. The fourth-order valence-corrected chi connectivity index (χ4v) is 1.92. The summed E-state index contributed by atoms with van der Waals surface area (Å²) in [6, 6.07) is 0.962. The summed E-state index contributed by atoms with van der Waals surface area (Å²) < 4.78 is 5.46. The molecule has 1 rings (SSSR count). The van der Waals surface area contributed by atoms with Crippen LogP contribution in [0.2, 0.25) is 0 Å². The number of alkyl halides is 1. The molecule has 1 N–H and O–H groups in total. The summed E-state index contributed by atoms with van der Waals surface area (Å²) in [6.45, 7) is 4.39. The van der Waals surface area contributed by atoms with Crippen LogP contribution in [0.1, 0.15) is 51.8 Å². The van der Waals surface area contributed by atoms with E-state index in [1.807, 2.05) is 0 Å². The Kier molecular flexibility index (Phi) is 7.01. The molecule has 1 aromatic rings. The topological polar surface area (TPSA) is 51.0 Å². The Morgan fingerprint density at radius 3 is 2.71 bits per heavy atom. The number of anilines is 1. The number of nitrogens with zero attached hydrogens (tertiary/aromatic N) is 2. The molecule has 5 heteroatoms. The second-order valence-corrected chi connectivity index (χ2v) is 4.59. The van der Waals surface area contributed by atoms with Gasteiger partial charge in [-0.2, -0.15) is 0 Å². The Bertz CT molecular complexity index is 304. The lowest BCUT2D eigenvalue weighted by Gasteiger charge is -2.15. The van der Waals surface area contributed by atoms with Crippen molar-refractivity contribution >= 4 is 17.6 Å². The molecule has 98 valence electrons. The first kappa shape index (κ1) is 14.3. The number of aromatic nitrogens is 2. The van der Waals surface area contributed by atoms with E-state index in [-0.39, 0.29) is 0 Å². The zero-order valence-electron chi connectivity index (χ0n) is 10.7. The van der Waals surface area contributed by atoms with E-state index in [4.69, 9.17) is 16.0 Å². The lowest BCUT2D eigenvalue weighted by Crippen LogP contribution is -2.19. The second kappa shape index (κ2) is 8.34. The first-order valence-electron chi connectivity index (χ1n) is 6.45. The van der Waals surface area contributed by atoms with Gasteiger partial charge in [-0.3, -0.25) is 0 Å². The molecule has 0 radical (unpaired) electrons. The van der Waals surface area contributed by atoms with Crippen molar-refractivity contribution < 1.29 is 4.42 Å². The average Bonchev–Trinajstić information content (AvgIpc) is 2.74. The van der Waals surface area contributed by atoms with Gasteiger partial charge < -0.3 is 9.73 Å². The zero-order valence-corrected chi connectivity index (χ0v) is 11.5. The molecule has 0 saturated heterocycles. The quantitative estimate of drug-likeness (QED) is 0.688. The third kappa shape index (κ3) is 5.39. The Balaban J connectivity index is 2.46. The van der Waals surface area contributed by atoms with Crippen molar-refractivity contribution in [2.24, 2.45) is 0 Å². The summed E-state index contributed by atoms with van der Waals surface area (Å²) in [4.78, 5) is 0. The van der Waals surface area contributed by atoms with Crippen molar-refractivity contribution in [2.75, 3.05) is 11.2 Å². The van der Waals surface area contributed by atoms with E-state index in [2.05, 4.69) is 29.4 Å². The van der Waals surface area contributed by atoms with E-state index in [0.29, 0.717) is 30.2 Å². The highest BCUT2D eigenvalue weighted by atomic mass is 35.5. The molecule has 17 heavy (non-hydrogen) atoms. The number of rotatable bonds is 9. The van der Waals surface area contributed by atoms with Gasteiger partial charge in [0.15, 0.2) is 0 Å². The van der Waals surface area contributed by atoms with E-state index in [9.17, 15) is 0 Å². The number of hydrogen-bond acceptors (Lipinski definition) is 4. The van der Waals surface area contributed by atoms with Crippen LogP contribution in [-0.2, 0) is 6.42 Å². The molecule has 0 aliphatic rings. The van der Waals surface area contributed by atoms with Crippen LogP contribution in [0.4, 0.5) is 6.01 Å². The second-order valence-electron chi connectivity index (χ2n) is 4.21. The number of hydrogen-bond donors (Lipinski definition) is 1. The summed E-state index contributed by atoms with van der Waals surface area (Å²) in [5.74, 6) is 1.11.